The molecule has 3 atom stereocenters. The lowest BCUT2D eigenvalue weighted by molar-refractivity contribution is -0.0455. The highest BCUT2D eigenvalue weighted by Crippen LogP contribution is 2.32. The number of nitrogens with zero attached hydrogens (tertiary/aromatic N) is 3. The van der Waals surface area contributed by atoms with Crippen LogP contribution in [0.1, 0.15) is 28.8 Å². The zero-order chi connectivity index (χ0) is 17.2. The molecule has 4 rings (SSSR count). The Labute approximate surface area is 146 Å². The number of hydrogen-bond donors (Lipinski definition) is 0. The first-order valence-electron chi connectivity index (χ1n) is 8.64. The minimum Gasteiger partial charge on any atom is -0.470 e. The number of pyridine rings is 2. The van der Waals surface area contributed by atoms with E-state index >= 15 is 0 Å². The van der Waals surface area contributed by atoms with Crippen molar-refractivity contribution in [2.24, 2.45) is 0 Å². The first-order valence-corrected chi connectivity index (χ1v) is 8.64. The largest absolute Gasteiger partial charge is 0.470 e. The number of hydrogen-bond acceptors (Lipinski definition) is 5. The first kappa shape index (κ1) is 16.0. The average molecular weight is 339 g/mol. The summed E-state index contributed by atoms with van der Waals surface area (Å²) in [5.41, 5.74) is 1.59. The molecule has 0 unspecified atom stereocenters. The van der Waals surface area contributed by atoms with E-state index in [0.29, 0.717) is 24.6 Å². The van der Waals surface area contributed by atoms with Crippen LogP contribution in [0.5, 0.6) is 5.88 Å². The lowest BCUT2D eigenvalue weighted by Gasteiger charge is -2.32. The van der Waals surface area contributed by atoms with Gasteiger partial charge in [-0.25, -0.2) is 4.98 Å². The molecule has 2 saturated heterocycles. The van der Waals surface area contributed by atoms with Crippen molar-refractivity contribution >= 4 is 5.91 Å². The maximum absolute atomic E-state index is 13.0. The van der Waals surface area contributed by atoms with Crippen molar-refractivity contribution in [1.82, 2.24) is 14.9 Å². The molecule has 25 heavy (non-hydrogen) atoms. The van der Waals surface area contributed by atoms with Gasteiger partial charge < -0.3 is 14.4 Å². The fraction of sp³-hybridized carbons (Fsp3) is 0.421. The summed E-state index contributed by atoms with van der Waals surface area (Å²) >= 11 is 0. The molecule has 6 heteroatoms. The van der Waals surface area contributed by atoms with Crippen molar-refractivity contribution in [3.8, 4) is 5.88 Å². The number of rotatable bonds is 3. The summed E-state index contributed by atoms with van der Waals surface area (Å²) in [6.45, 7) is 3.14. The van der Waals surface area contributed by atoms with E-state index in [1.807, 2.05) is 36.1 Å². The maximum Gasteiger partial charge on any atom is 0.255 e. The summed E-state index contributed by atoms with van der Waals surface area (Å²) in [5.74, 6) is 0.552. The first-order chi connectivity index (χ1) is 12.2. The molecular formula is C19H21N3O3. The van der Waals surface area contributed by atoms with Gasteiger partial charge in [0.05, 0.1) is 18.2 Å². The van der Waals surface area contributed by atoms with Crippen molar-refractivity contribution in [2.75, 3.05) is 13.2 Å². The highest BCUT2D eigenvalue weighted by Gasteiger charge is 2.47. The monoisotopic (exact) mass is 339 g/mol. The van der Waals surface area contributed by atoms with E-state index in [-0.39, 0.29) is 24.2 Å². The third-order valence-electron chi connectivity index (χ3n) is 4.77. The summed E-state index contributed by atoms with van der Waals surface area (Å²) in [6.07, 6.45) is 6.64. The molecule has 2 aliphatic rings. The predicted octanol–water partition coefficient (Wildman–Crippen LogP) is 2.24. The van der Waals surface area contributed by atoms with Gasteiger partial charge in [-0.05, 0) is 37.5 Å². The quantitative estimate of drug-likeness (QED) is 0.858. The van der Waals surface area contributed by atoms with Crippen LogP contribution in [-0.4, -0.2) is 52.2 Å². The van der Waals surface area contributed by atoms with Gasteiger partial charge >= 0.3 is 0 Å². The van der Waals surface area contributed by atoms with Crippen LogP contribution in [0.3, 0.4) is 0 Å². The van der Waals surface area contributed by atoms with Gasteiger partial charge in [-0.15, -0.1) is 0 Å². The number of carbonyl (C=O) groups is 1. The highest BCUT2D eigenvalue weighted by molar-refractivity contribution is 5.94. The van der Waals surface area contributed by atoms with Gasteiger partial charge in [-0.3, -0.25) is 9.78 Å². The Morgan fingerprint density at radius 3 is 3.08 bits per heavy atom. The number of ether oxygens (including phenoxy) is 2. The number of aromatic nitrogens is 2. The normalized spacial score (nSPS) is 25.5. The van der Waals surface area contributed by atoms with Crippen LogP contribution in [0.2, 0.25) is 0 Å². The standard InChI is InChI=1S/C19H21N3O3/c1-13-9-14(11-20-10-13)19(23)22-12-16(18-15(22)5-4-8-24-18)25-17-6-2-3-7-21-17/h2-3,6-7,9-11,15-16,18H,4-5,8,12H2,1H3/t15-,16-,18+/m1/s1. The topological polar surface area (TPSA) is 64.6 Å². The fourth-order valence-electron chi connectivity index (χ4n) is 3.66. The average Bonchev–Trinajstić information content (AvgIpc) is 3.01. The minimum absolute atomic E-state index is 0.0104. The van der Waals surface area contributed by atoms with E-state index in [1.165, 1.54) is 0 Å². The molecule has 0 aliphatic carbocycles. The van der Waals surface area contributed by atoms with Gasteiger partial charge in [0, 0.05) is 31.3 Å². The summed E-state index contributed by atoms with van der Waals surface area (Å²) in [6, 6.07) is 7.48. The second-order valence-electron chi connectivity index (χ2n) is 6.58. The lowest BCUT2D eigenvalue weighted by Crippen LogP contribution is -2.44. The molecule has 0 radical (unpaired) electrons. The number of amides is 1. The zero-order valence-corrected chi connectivity index (χ0v) is 14.2. The molecule has 6 nitrogen and oxygen atoms in total. The Hall–Kier alpha value is -2.47. The molecule has 130 valence electrons. The molecule has 0 spiro atoms. The molecule has 2 aromatic rings. The molecular weight excluding hydrogens is 318 g/mol. The third-order valence-corrected chi connectivity index (χ3v) is 4.77. The summed E-state index contributed by atoms with van der Waals surface area (Å²) < 4.78 is 12.0. The number of aryl methyl sites for hydroxylation is 1. The Bertz CT molecular complexity index is 753. The zero-order valence-electron chi connectivity index (χ0n) is 14.2. The van der Waals surface area contributed by atoms with E-state index in [1.54, 1.807) is 18.6 Å². The fourth-order valence-corrected chi connectivity index (χ4v) is 3.66. The summed E-state index contributed by atoms with van der Waals surface area (Å²) in [5, 5.41) is 0. The molecule has 2 aromatic heterocycles. The number of fused-ring (bicyclic) bond motifs is 1. The highest BCUT2D eigenvalue weighted by atomic mass is 16.5. The minimum atomic E-state index is -0.207. The number of likely N-dealkylation sites (tertiary alicyclic amines) is 1. The van der Waals surface area contributed by atoms with E-state index in [0.717, 1.165) is 18.4 Å². The Morgan fingerprint density at radius 2 is 2.28 bits per heavy atom. The van der Waals surface area contributed by atoms with Crippen LogP contribution < -0.4 is 4.74 Å². The predicted molar refractivity (Wildman–Crippen MR) is 91.4 cm³/mol. The van der Waals surface area contributed by atoms with Gasteiger partial charge in [0.2, 0.25) is 5.88 Å². The van der Waals surface area contributed by atoms with Crippen LogP contribution in [0.4, 0.5) is 0 Å². The Kier molecular flexibility index (Phi) is 4.36. The van der Waals surface area contributed by atoms with Crippen LogP contribution in [0.25, 0.3) is 0 Å². The molecule has 1 amide bonds. The van der Waals surface area contributed by atoms with Crippen LogP contribution >= 0.6 is 0 Å². The van der Waals surface area contributed by atoms with Gasteiger partial charge in [0.1, 0.15) is 12.2 Å². The molecule has 4 heterocycles. The van der Waals surface area contributed by atoms with Crippen molar-refractivity contribution in [2.45, 2.75) is 38.0 Å². The van der Waals surface area contributed by atoms with Gasteiger partial charge in [-0.2, -0.15) is 0 Å². The molecule has 2 aliphatic heterocycles. The SMILES string of the molecule is Cc1cncc(C(=O)N2C[C@@H](Oc3ccccn3)[C@H]3OCCC[C@H]32)c1. The smallest absolute Gasteiger partial charge is 0.255 e. The van der Waals surface area contributed by atoms with Gasteiger partial charge in [0.25, 0.3) is 5.91 Å². The molecule has 0 aromatic carbocycles. The maximum atomic E-state index is 13.0. The molecule has 0 bridgehead atoms. The summed E-state index contributed by atoms with van der Waals surface area (Å²) in [4.78, 5) is 23.3. The van der Waals surface area contributed by atoms with Crippen molar-refractivity contribution < 1.29 is 14.3 Å². The molecule has 2 fully saturated rings. The van der Waals surface area contributed by atoms with Gasteiger partial charge in [-0.1, -0.05) is 6.07 Å². The van der Waals surface area contributed by atoms with E-state index in [4.69, 9.17) is 9.47 Å². The van der Waals surface area contributed by atoms with Crippen LogP contribution in [0.15, 0.2) is 42.9 Å². The van der Waals surface area contributed by atoms with Crippen LogP contribution in [-0.2, 0) is 4.74 Å². The van der Waals surface area contributed by atoms with E-state index in [2.05, 4.69) is 9.97 Å². The van der Waals surface area contributed by atoms with Crippen LogP contribution in [0, 0.1) is 6.92 Å². The van der Waals surface area contributed by atoms with Crippen molar-refractivity contribution in [3.63, 3.8) is 0 Å². The molecule has 0 N–H and O–H groups in total. The third kappa shape index (κ3) is 3.22. The lowest BCUT2D eigenvalue weighted by atomic mass is 10.0. The summed E-state index contributed by atoms with van der Waals surface area (Å²) in [7, 11) is 0. The van der Waals surface area contributed by atoms with E-state index < -0.39 is 0 Å². The Morgan fingerprint density at radius 1 is 1.36 bits per heavy atom. The molecule has 0 saturated carbocycles. The number of carbonyl (C=O) groups excluding carboxylic acids is 1. The second-order valence-corrected chi connectivity index (χ2v) is 6.58. The second kappa shape index (κ2) is 6.80. The van der Waals surface area contributed by atoms with Crippen molar-refractivity contribution in [3.05, 3.63) is 54.0 Å². The Balaban J connectivity index is 1.57. The van der Waals surface area contributed by atoms with E-state index in [9.17, 15) is 4.79 Å². The van der Waals surface area contributed by atoms with Crippen molar-refractivity contribution in [1.29, 1.82) is 0 Å². The van der Waals surface area contributed by atoms with Gasteiger partial charge in [0.15, 0.2) is 0 Å².